The number of amides is 2. The number of nitrogens with zero attached hydrogens (tertiary/aromatic N) is 1. The lowest BCUT2D eigenvalue weighted by Crippen LogP contribution is -2.61. The Hall–Kier alpha value is -5.21. The monoisotopic (exact) mass is 940 g/mol. The molecule has 360 valence electrons. The van der Waals surface area contributed by atoms with E-state index >= 15 is 0 Å². The van der Waals surface area contributed by atoms with E-state index in [4.69, 9.17) is 9.47 Å². The average molecular weight is 941 g/mol. The fourth-order valence-corrected chi connectivity index (χ4v) is 11.6. The van der Waals surface area contributed by atoms with Crippen LogP contribution in [0, 0.1) is 18.8 Å². The zero-order valence-electron chi connectivity index (χ0n) is 40.1. The van der Waals surface area contributed by atoms with Gasteiger partial charge in [-0.25, -0.2) is 8.42 Å². The number of sulfonamides is 1. The summed E-state index contributed by atoms with van der Waals surface area (Å²) < 4.78 is 43.7. The van der Waals surface area contributed by atoms with Gasteiger partial charge < -0.3 is 25.2 Å². The molecule has 0 radical (unpaired) electrons. The molecule has 2 heterocycles. The maximum absolute atomic E-state index is 14.0. The van der Waals surface area contributed by atoms with Crippen molar-refractivity contribution in [3.05, 3.63) is 161 Å². The molecular weight excluding hydrogens is 873 g/mol. The maximum atomic E-state index is 14.0. The standard InChI is InChI=1S/C56H68N4O7S/c1-37-19-30-46(31-20-37)68(64,65)59-48(33-39-13-7-6-8-14-39)53(62)57-34-45-16-9-11-17-47(45)41-25-27-44(28-26-41)55-66-51(38(2)52(67-55)43-23-21-40(36-61)22-24-43)35-60-49-18-12-10-15-42(49)29-32-50(60)54(63)58-56(3,4)5/h6-9,11,13-14,16-17,19-28,30-31,38,42,48-52,55,59,61H,10,12,15,18,29,32-36H2,1-5H3,(H,57,62)(H,58,63)/t38-,42-,48-,49-,50-,51+,52+,55+/m1/s1. The van der Waals surface area contributed by atoms with E-state index in [-0.39, 0.29) is 60.1 Å². The van der Waals surface area contributed by atoms with Crippen LogP contribution in [0.15, 0.2) is 132 Å². The molecule has 8 atom stereocenters. The molecule has 2 amide bonds. The quantitative estimate of drug-likeness (QED) is 0.0814. The fourth-order valence-electron chi connectivity index (χ4n) is 10.4. The first-order valence-corrected chi connectivity index (χ1v) is 25.8. The minimum atomic E-state index is -4.00. The van der Waals surface area contributed by atoms with Gasteiger partial charge in [-0.2, -0.15) is 4.72 Å². The third kappa shape index (κ3) is 12.0. The highest BCUT2D eigenvalue weighted by atomic mass is 32.2. The predicted molar refractivity (Wildman–Crippen MR) is 265 cm³/mol. The van der Waals surface area contributed by atoms with E-state index in [1.165, 1.54) is 12.8 Å². The molecule has 68 heavy (non-hydrogen) atoms. The number of ether oxygens (including phenoxy) is 2. The average Bonchev–Trinajstić information content (AvgIpc) is 3.33. The summed E-state index contributed by atoms with van der Waals surface area (Å²) in [6, 6.07) is 38.9. The van der Waals surface area contributed by atoms with Crippen LogP contribution in [0.5, 0.6) is 0 Å². The number of aliphatic hydroxyl groups is 1. The first kappa shape index (κ1) is 49.2. The second kappa shape index (κ2) is 21.6. The van der Waals surface area contributed by atoms with Gasteiger partial charge in [-0.05, 0) is 111 Å². The van der Waals surface area contributed by atoms with Crippen LogP contribution in [0.2, 0.25) is 0 Å². The SMILES string of the molecule is Cc1ccc(S(=O)(=O)N[C@H](Cc2ccccc2)C(=O)NCc2ccccc2-c2ccc([C@H]3O[C@@H](CN4[C@@H](C(=O)NC(C)(C)C)CC[C@H]5CCCC[C@H]54)[C@@H](C)[C@@H](c4ccc(CO)cc4)O3)cc2)cc1. The Balaban J connectivity index is 1.03. The van der Waals surface area contributed by atoms with Crippen LogP contribution in [0.25, 0.3) is 11.1 Å². The van der Waals surface area contributed by atoms with Gasteiger partial charge in [0.05, 0.1) is 29.8 Å². The van der Waals surface area contributed by atoms with Crippen molar-refractivity contribution in [1.82, 2.24) is 20.3 Å². The number of hydrogen-bond donors (Lipinski definition) is 4. The number of fused-ring (bicyclic) bond motifs is 1. The first-order chi connectivity index (χ1) is 32.7. The van der Waals surface area contributed by atoms with E-state index < -0.39 is 28.3 Å². The number of rotatable bonds is 15. The van der Waals surface area contributed by atoms with Crippen molar-refractivity contribution in [2.45, 2.75) is 140 Å². The number of aryl methyl sites for hydroxylation is 1. The molecule has 0 unspecified atom stereocenters. The van der Waals surface area contributed by atoms with Crippen LogP contribution in [-0.2, 0) is 48.7 Å². The van der Waals surface area contributed by atoms with Gasteiger partial charge in [0.2, 0.25) is 21.8 Å². The van der Waals surface area contributed by atoms with Gasteiger partial charge in [-0.1, -0.05) is 141 Å². The largest absolute Gasteiger partial charge is 0.392 e. The Bertz CT molecular complexity index is 2580. The summed E-state index contributed by atoms with van der Waals surface area (Å²) in [5.74, 6) is 0.161. The third-order valence-corrected chi connectivity index (χ3v) is 15.5. The molecule has 1 aliphatic carbocycles. The number of carbonyl (C=O) groups excluding carboxylic acids is 2. The number of benzene rings is 5. The molecular formula is C56H68N4O7S. The van der Waals surface area contributed by atoms with E-state index in [0.29, 0.717) is 18.5 Å². The normalized spacial score (nSPS) is 23.8. The molecule has 8 rings (SSSR count). The molecule has 0 bridgehead atoms. The summed E-state index contributed by atoms with van der Waals surface area (Å²) in [6.07, 6.45) is 5.45. The van der Waals surface area contributed by atoms with E-state index in [2.05, 4.69) is 27.2 Å². The summed E-state index contributed by atoms with van der Waals surface area (Å²) in [5, 5.41) is 16.2. The molecule has 3 fully saturated rings. The van der Waals surface area contributed by atoms with Crippen molar-refractivity contribution < 1.29 is 32.6 Å². The van der Waals surface area contributed by atoms with Gasteiger partial charge in [0.25, 0.3) is 0 Å². The van der Waals surface area contributed by atoms with Crippen LogP contribution in [0.4, 0.5) is 0 Å². The van der Waals surface area contributed by atoms with Crippen LogP contribution in [0.3, 0.4) is 0 Å². The minimum absolute atomic E-state index is 0.0437. The molecule has 2 aliphatic heterocycles. The lowest BCUT2D eigenvalue weighted by Gasteiger charge is -2.51. The number of piperidine rings is 1. The van der Waals surface area contributed by atoms with Crippen molar-refractivity contribution in [2.75, 3.05) is 6.54 Å². The van der Waals surface area contributed by atoms with Gasteiger partial charge in [0.15, 0.2) is 6.29 Å². The zero-order valence-corrected chi connectivity index (χ0v) is 40.9. The highest BCUT2D eigenvalue weighted by Gasteiger charge is 2.46. The maximum Gasteiger partial charge on any atom is 0.241 e. The van der Waals surface area contributed by atoms with Crippen LogP contribution in [0.1, 0.15) is 112 Å². The Kier molecular flexibility index (Phi) is 15.6. The number of carbonyl (C=O) groups is 2. The third-order valence-electron chi connectivity index (χ3n) is 14.0. The lowest BCUT2D eigenvalue weighted by molar-refractivity contribution is -0.278. The molecule has 4 N–H and O–H groups in total. The molecule has 0 aromatic heterocycles. The molecule has 5 aromatic rings. The zero-order chi connectivity index (χ0) is 48.0. The summed E-state index contributed by atoms with van der Waals surface area (Å²) in [7, 11) is -4.00. The summed E-state index contributed by atoms with van der Waals surface area (Å²) in [5.41, 5.74) is 6.83. The van der Waals surface area contributed by atoms with Crippen molar-refractivity contribution in [2.24, 2.45) is 11.8 Å². The molecule has 1 saturated carbocycles. The predicted octanol–water partition coefficient (Wildman–Crippen LogP) is 9.09. The number of likely N-dealkylation sites (tertiary alicyclic amines) is 1. The molecule has 12 heteroatoms. The second-order valence-electron chi connectivity index (χ2n) is 20.1. The smallest absolute Gasteiger partial charge is 0.241 e. The Morgan fingerprint density at radius 1 is 0.779 bits per heavy atom. The lowest BCUT2D eigenvalue weighted by atomic mass is 9.75. The molecule has 5 aromatic carbocycles. The minimum Gasteiger partial charge on any atom is -0.392 e. The summed E-state index contributed by atoms with van der Waals surface area (Å²) in [6.45, 7) is 10.9. The van der Waals surface area contributed by atoms with Gasteiger partial charge >= 0.3 is 0 Å². The molecule has 2 saturated heterocycles. The van der Waals surface area contributed by atoms with Crippen LogP contribution >= 0.6 is 0 Å². The second-order valence-corrected chi connectivity index (χ2v) is 21.9. The molecule has 0 spiro atoms. The van der Waals surface area contributed by atoms with Crippen molar-refractivity contribution in [3.63, 3.8) is 0 Å². The Labute approximate surface area is 403 Å². The van der Waals surface area contributed by atoms with Crippen molar-refractivity contribution in [1.29, 1.82) is 0 Å². The van der Waals surface area contributed by atoms with Crippen LogP contribution < -0.4 is 15.4 Å². The number of nitrogens with one attached hydrogen (secondary N) is 3. The van der Waals surface area contributed by atoms with Crippen molar-refractivity contribution in [3.8, 4) is 11.1 Å². The Morgan fingerprint density at radius 3 is 2.16 bits per heavy atom. The van der Waals surface area contributed by atoms with Crippen LogP contribution in [-0.4, -0.2) is 66.6 Å². The fraction of sp³-hybridized carbons (Fsp3) is 0.429. The van der Waals surface area contributed by atoms with Crippen molar-refractivity contribution >= 4 is 21.8 Å². The van der Waals surface area contributed by atoms with E-state index in [0.717, 1.165) is 70.2 Å². The van der Waals surface area contributed by atoms with Gasteiger partial charge in [0.1, 0.15) is 6.04 Å². The highest BCUT2D eigenvalue weighted by Crippen LogP contribution is 2.45. The van der Waals surface area contributed by atoms with Gasteiger partial charge in [0, 0.05) is 36.2 Å². The van der Waals surface area contributed by atoms with Gasteiger partial charge in [-0.3, -0.25) is 14.5 Å². The topological polar surface area (TPSA) is 146 Å². The highest BCUT2D eigenvalue weighted by molar-refractivity contribution is 7.89. The summed E-state index contributed by atoms with van der Waals surface area (Å²) >= 11 is 0. The van der Waals surface area contributed by atoms with E-state index in [1.54, 1.807) is 24.3 Å². The molecule has 11 nitrogen and oxygen atoms in total. The van der Waals surface area contributed by atoms with E-state index in [1.807, 2.05) is 131 Å². The first-order valence-electron chi connectivity index (χ1n) is 24.3. The summed E-state index contributed by atoms with van der Waals surface area (Å²) in [4.78, 5) is 30.6. The van der Waals surface area contributed by atoms with Gasteiger partial charge in [-0.15, -0.1) is 0 Å². The molecule has 3 aliphatic rings. The van der Waals surface area contributed by atoms with E-state index in [9.17, 15) is 23.1 Å². The number of hydrogen-bond acceptors (Lipinski definition) is 8. The Morgan fingerprint density at radius 2 is 1.46 bits per heavy atom. The number of aliphatic hydroxyl groups excluding tert-OH is 1.